The van der Waals surface area contributed by atoms with E-state index in [2.05, 4.69) is 5.32 Å². The molecule has 0 aliphatic carbocycles. The van der Waals surface area contributed by atoms with E-state index in [1.54, 1.807) is 43.3 Å². The molecule has 0 radical (unpaired) electrons. The molecule has 2 amide bonds. The van der Waals surface area contributed by atoms with E-state index in [0.29, 0.717) is 36.0 Å². The number of halogens is 1. The molecule has 2 rings (SSSR count). The van der Waals surface area contributed by atoms with Crippen LogP contribution in [0.3, 0.4) is 0 Å². The summed E-state index contributed by atoms with van der Waals surface area (Å²) in [6, 6.07) is 13.2. The van der Waals surface area contributed by atoms with Gasteiger partial charge in [-0.1, -0.05) is 23.7 Å². The van der Waals surface area contributed by atoms with Gasteiger partial charge >= 0.3 is 0 Å². The lowest BCUT2D eigenvalue weighted by Gasteiger charge is -2.29. The largest absolute Gasteiger partial charge is 0.494 e. The lowest BCUT2D eigenvalue weighted by atomic mass is 10.1. The topological polar surface area (TPSA) is 96.0 Å². The van der Waals surface area contributed by atoms with Crippen molar-refractivity contribution >= 4 is 39.1 Å². The third-order valence-electron chi connectivity index (χ3n) is 5.37. The summed E-state index contributed by atoms with van der Waals surface area (Å²) in [6.07, 6.45) is 1.51. The highest BCUT2D eigenvalue weighted by atomic mass is 35.5. The normalized spacial score (nSPS) is 12.0. The quantitative estimate of drug-likeness (QED) is 0.430. The number of hydrogen-bond donors (Lipinski definition) is 1. The Labute approximate surface area is 213 Å². The molecule has 0 fully saturated rings. The Bertz CT molecular complexity index is 1080. The van der Waals surface area contributed by atoms with Crippen LogP contribution in [0.15, 0.2) is 48.5 Å². The maximum absolute atomic E-state index is 13.2. The summed E-state index contributed by atoms with van der Waals surface area (Å²) in [4.78, 5) is 27.2. The summed E-state index contributed by atoms with van der Waals surface area (Å²) in [6.45, 7) is 6.71. The molecule has 10 heteroatoms. The van der Waals surface area contributed by atoms with Crippen molar-refractivity contribution in [2.45, 2.75) is 46.2 Å². The first-order chi connectivity index (χ1) is 16.6. The second-order valence-corrected chi connectivity index (χ2v) is 10.4. The second-order valence-electron chi connectivity index (χ2n) is 8.08. The third-order valence-corrected chi connectivity index (χ3v) is 6.82. The first kappa shape index (κ1) is 28.5. The van der Waals surface area contributed by atoms with E-state index in [-0.39, 0.29) is 31.3 Å². The molecule has 0 saturated heterocycles. The van der Waals surface area contributed by atoms with Gasteiger partial charge in [0.2, 0.25) is 21.8 Å². The van der Waals surface area contributed by atoms with Crippen molar-refractivity contribution in [1.29, 1.82) is 0 Å². The maximum atomic E-state index is 13.2. The van der Waals surface area contributed by atoms with E-state index in [1.807, 2.05) is 26.0 Å². The number of sulfonamides is 1. The number of nitrogens with zero attached hydrogens (tertiary/aromatic N) is 2. The summed E-state index contributed by atoms with van der Waals surface area (Å²) in [5, 5.41) is 3.34. The van der Waals surface area contributed by atoms with Crippen LogP contribution < -0.4 is 14.4 Å². The third kappa shape index (κ3) is 8.74. The fourth-order valence-electron chi connectivity index (χ4n) is 3.57. The first-order valence-corrected chi connectivity index (χ1v) is 13.8. The molecule has 35 heavy (non-hydrogen) atoms. The molecule has 0 aliphatic heterocycles. The van der Waals surface area contributed by atoms with Crippen LogP contribution >= 0.6 is 11.6 Å². The Balaban J connectivity index is 2.13. The van der Waals surface area contributed by atoms with Crippen LogP contribution in [-0.2, 0) is 26.2 Å². The van der Waals surface area contributed by atoms with E-state index < -0.39 is 16.1 Å². The van der Waals surface area contributed by atoms with Gasteiger partial charge in [-0.25, -0.2) is 8.42 Å². The highest BCUT2D eigenvalue weighted by Crippen LogP contribution is 2.23. The van der Waals surface area contributed by atoms with Gasteiger partial charge in [0.1, 0.15) is 11.8 Å². The Morgan fingerprint density at radius 1 is 1.06 bits per heavy atom. The van der Waals surface area contributed by atoms with E-state index in [9.17, 15) is 18.0 Å². The van der Waals surface area contributed by atoms with E-state index in [0.717, 1.165) is 11.8 Å². The summed E-state index contributed by atoms with van der Waals surface area (Å²) in [7, 11) is -3.56. The molecule has 0 aromatic heterocycles. The lowest BCUT2D eigenvalue weighted by molar-refractivity contribution is -0.140. The molecular weight excluding hydrogens is 490 g/mol. The molecule has 0 aliphatic rings. The van der Waals surface area contributed by atoms with Crippen molar-refractivity contribution in [3.63, 3.8) is 0 Å². The summed E-state index contributed by atoms with van der Waals surface area (Å²) >= 11 is 5.97. The zero-order valence-electron chi connectivity index (χ0n) is 20.7. The van der Waals surface area contributed by atoms with Crippen LogP contribution in [-0.4, -0.2) is 57.1 Å². The molecule has 2 aromatic carbocycles. The van der Waals surface area contributed by atoms with Gasteiger partial charge in [0.25, 0.3) is 0 Å². The molecule has 2 aromatic rings. The maximum Gasteiger partial charge on any atom is 0.242 e. The molecule has 8 nitrogen and oxygen atoms in total. The number of carbonyl (C=O) groups excluding carboxylic acids is 2. The van der Waals surface area contributed by atoms with Gasteiger partial charge in [0.05, 0.1) is 18.6 Å². The highest BCUT2D eigenvalue weighted by molar-refractivity contribution is 7.92. The zero-order chi connectivity index (χ0) is 26.0. The Kier molecular flexibility index (Phi) is 10.9. The lowest BCUT2D eigenvalue weighted by Crippen LogP contribution is -2.47. The van der Waals surface area contributed by atoms with Crippen LogP contribution in [0.1, 0.15) is 39.2 Å². The second kappa shape index (κ2) is 13.3. The van der Waals surface area contributed by atoms with Crippen molar-refractivity contribution in [2.24, 2.45) is 0 Å². The number of hydrogen-bond acceptors (Lipinski definition) is 5. The number of benzene rings is 2. The number of likely N-dealkylation sites (N-methyl/N-ethyl adjacent to an activating group) is 1. The minimum absolute atomic E-state index is 0.0837. The summed E-state index contributed by atoms with van der Waals surface area (Å²) in [5.41, 5.74) is 1.34. The van der Waals surface area contributed by atoms with E-state index >= 15 is 0 Å². The number of ether oxygens (including phenoxy) is 1. The predicted molar refractivity (Wildman–Crippen MR) is 139 cm³/mol. The van der Waals surface area contributed by atoms with Crippen LogP contribution in [0.5, 0.6) is 5.75 Å². The summed E-state index contributed by atoms with van der Waals surface area (Å²) < 4.78 is 31.5. The van der Waals surface area contributed by atoms with Crippen LogP contribution in [0.25, 0.3) is 0 Å². The van der Waals surface area contributed by atoms with Crippen LogP contribution in [0.2, 0.25) is 5.02 Å². The Morgan fingerprint density at radius 2 is 1.69 bits per heavy atom. The van der Waals surface area contributed by atoms with Gasteiger partial charge in [-0.2, -0.15) is 0 Å². The molecule has 0 unspecified atom stereocenters. The fourth-order valence-corrected chi connectivity index (χ4v) is 4.66. The Morgan fingerprint density at radius 3 is 2.23 bits per heavy atom. The molecule has 0 heterocycles. The molecule has 0 spiro atoms. The SMILES string of the molecule is CCNC(=O)[C@@H](C)N(Cc1ccc(Cl)cc1)C(=O)CCCN(c1ccc(OCC)cc1)S(C)(=O)=O. The van der Waals surface area contributed by atoms with Crippen molar-refractivity contribution in [1.82, 2.24) is 10.2 Å². The number of carbonyl (C=O) groups is 2. The van der Waals surface area contributed by atoms with Crippen molar-refractivity contribution in [3.8, 4) is 5.75 Å². The number of amides is 2. The first-order valence-electron chi connectivity index (χ1n) is 11.6. The van der Waals surface area contributed by atoms with Gasteiger partial charge < -0.3 is 15.0 Å². The minimum Gasteiger partial charge on any atom is -0.494 e. The highest BCUT2D eigenvalue weighted by Gasteiger charge is 2.26. The van der Waals surface area contributed by atoms with Crippen molar-refractivity contribution in [2.75, 3.05) is 30.3 Å². The van der Waals surface area contributed by atoms with Gasteiger partial charge in [0.15, 0.2) is 0 Å². The average molecular weight is 524 g/mol. The van der Waals surface area contributed by atoms with E-state index in [4.69, 9.17) is 16.3 Å². The number of rotatable bonds is 13. The molecule has 0 bridgehead atoms. The summed E-state index contributed by atoms with van der Waals surface area (Å²) in [5.74, 6) is 0.165. The van der Waals surface area contributed by atoms with Gasteiger partial charge in [-0.05, 0) is 69.2 Å². The molecule has 1 atom stereocenters. The van der Waals surface area contributed by atoms with Crippen LogP contribution in [0.4, 0.5) is 5.69 Å². The monoisotopic (exact) mass is 523 g/mol. The zero-order valence-corrected chi connectivity index (χ0v) is 22.2. The average Bonchev–Trinajstić information content (AvgIpc) is 2.81. The standard InChI is InChI=1S/C25H34ClN3O5S/c1-5-27-25(31)19(3)28(18-20-9-11-21(26)12-10-20)24(30)8-7-17-29(35(4,32)33)22-13-15-23(16-14-22)34-6-2/h9-16,19H,5-8,17-18H2,1-4H3,(H,27,31)/t19-/m1/s1. The number of anilines is 1. The van der Waals surface area contributed by atoms with Crippen molar-refractivity contribution in [3.05, 3.63) is 59.1 Å². The van der Waals surface area contributed by atoms with Gasteiger partial charge in [-0.3, -0.25) is 13.9 Å². The predicted octanol–water partition coefficient (Wildman–Crippen LogP) is 3.84. The molecule has 1 N–H and O–H groups in total. The van der Waals surface area contributed by atoms with Crippen molar-refractivity contribution < 1.29 is 22.7 Å². The minimum atomic E-state index is -3.56. The molecule has 0 saturated carbocycles. The van der Waals surface area contributed by atoms with Gasteiger partial charge in [0, 0.05) is 31.1 Å². The van der Waals surface area contributed by atoms with Crippen LogP contribution in [0, 0.1) is 0 Å². The van der Waals surface area contributed by atoms with Gasteiger partial charge in [-0.15, -0.1) is 0 Å². The Hall–Kier alpha value is -2.78. The fraction of sp³-hybridized carbons (Fsp3) is 0.440. The van der Waals surface area contributed by atoms with E-state index in [1.165, 1.54) is 9.21 Å². The number of nitrogens with one attached hydrogen (secondary N) is 1. The smallest absolute Gasteiger partial charge is 0.242 e. The molecule has 192 valence electrons. The molecular formula is C25H34ClN3O5S.